The average Bonchev–Trinajstić information content (AvgIpc) is 2.96. The van der Waals surface area contributed by atoms with E-state index in [1.165, 1.54) is 16.8 Å². The molecule has 7 nitrogen and oxygen atoms in total. The van der Waals surface area contributed by atoms with Gasteiger partial charge in [-0.25, -0.2) is 23.0 Å². The van der Waals surface area contributed by atoms with Gasteiger partial charge in [-0.1, -0.05) is 30.3 Å². The maximum absolute atomic E-state index is 11.7. The van der Waals surface area contributed by atoms with Crippen LogP contribution in [-0.4, -0.2) is 29.3 Å². The highest BCUT2D eigenvalue weighted by molar-refractivity contribution is 7.89. The maximum Gasteiger partial charge on any atom is 0.354 e. The first-order chi connectivity index (χ1) is 11.8. The van der Waals surface area contributed by atoms with Gasteiger partial charge < -0.3 is 5.11 Å². The SMILES string of the molecule is Cc1cc(C(=O)O)n(-c2ccc(-c3ccccc3S(N)(=O)=O)cc2)n1. The van der Waals surface area contributed by atoms with Crippen molar-refractivity contribution in [1.82, 2.24) is 9.78 Å². The fourth-order valence-corrected chi connectivity index (χ4v) is 3.34. The van der Waals surface area contributed by atoms with Crippen LogP contribution in [0.15, 0.2) is 59.5 Å². The van der Waals surface area contributed by atoms with Crippen molar-refractivity contribution in [3.8, 4) is 16.8 Å². The lowest BCUT2D eigenvalue weighted by Crippen LogP contribution is -2.13. The molecular formula is C17H15N3O4S. The normalized spacial score (nSPS) is 11.4. The van der Waals surface area contributed by atoms with Crippen LogP contribution in [0.4, 0.5) is 0 Å². The molecular weight excluding hydrogens is 342 g/mol. The van der Waals surface area contributed by atoms with Gasteiger partial charge in [0.25, 0.3) is 0 Å². The number of carboxylic acid groups (broad SMARTS) is 1. The van der Waals surface area contributed by atoms with Crippen LogP contribution < -0.4 is 5.14 Å². The predicted molar refractivity (Wildman–Crippen MR) is 92.1 cm³/mol. The van der Waals surface area contributed by atoms with Crippen LogP contribution in [0.2, 0.25) is 0 Å². The molecule has 0 aliphatic carbocycles. The van der Waals surface area contributed by atoms with Gasteiger partial charge in [-0.15, -0.1) is 0 Å². The molecule has 128 valence electrons. The molecule has 0 atom stereocenters. The monoisotopic (exact) mass is 357 g/mol. The molecule has 8 heteroatoms. The molecule has 3 N–H and O–H groups in total. The molecule has 3 aromatic rings. The number of aromatic carboxylic acids is 1. The Morgan fingerprint density at radius 1 is 1.12 bits per heavy atom. The van der Waals surface area contributed by atoms with Gasteiger partial charge in [0.05, 0.1) is 16.3 Å². The maximum atomic E-state index is 11.7. The largest absolute Gasteiger partial charge is 0.477 e. The quantitative estimate of drug-likeness (QED) is 0.742. The van der Waals surface area contributed by atoms with Gasteiger partial charge in [-0.2, -0.15) is 5.10 Å². The third-order valence-electron chi connectivity index (χ3n) is 3.67. The topological polar surface area (TPSA) is 115 Å². The zero-order valence-corrected chi connectivity index (χ0v) is 14.1. The van der Waals surface area contributed by atoms with Crippen molar-refractivity contribution >= 4 is 16.0 Å². The molecule has 0 bridgehead atoms. The fraction of sp³-hybridized carbons (Fsp3) is 0.0588. The van der Waals surface area contributed by atoms with Crippen molar-refractivity contribution in [3.05, 3.63) is 66.0 Å². The Morgan fingerprint density at radius 2 is 1.76 bits per heavy atom. The molecule has 0 saturated heterocycles. The summed E-state index contributed by atoms with van der Waals surface area (Å²) in [7, 11) is -3.85. The lowest BCUT2D eigenvalue weighted by Gasteiger charge is -2.09. The molecule has 0 aliphatic rings. The van der Waals surface area contributed by atoms with Gasteiger partial charge in [-0.05, 0) is 36.8 Å². The Labute approximate surface area is 144 Å². The molecule has 0 amide bonds. The number of aryl methyl sites for hydroxylation is 1. The molecule has 2 aromatic carbocycles. The number of carbonyl (C=O) groups is 1. The highest BCUT2D eigenvalue weighted by atomic mass is 32.2. The predicted octanol–water partition coefficient (Wildman–Crippen LogP) is 2.19. The van der Waals surface area contributed by atoms with Gasteiger partial charge in [-0.3, -0.25) is 0 Å². The van der Waals surface area contributed by atoms with Crippen molar-refractivity contribution in [1.29, 1.82) is 0 Å². The number of nitrogens with two attached hydrogens (primary N) is 1. The van der Waals surface area contributed by atoms with Crippen LogP contribution in [0.5, 0.6) is 0 Å². The summed E-state index contributed by atoms with van der Waals surface area (Å²) in [6.45, 7) is 1.71. The zero-order valence-electron chi connectivity index (χ0n) is 13.2. The van der Waals surface area contributed by atoms with Crippen LogP contribution in [0.25, 0.3) is 16.8 Å². The second-order valence-electron chi connectivity index (χ2n) is 5.48. The standard InChI is InChI=1S/C17H15N3O4S/c1-11-10-15(17(21)22)20(19-11)13-8-6-12(7-9-13)14-4-2-3-5-16(14)25(18,23)24/h2-10H,1H3,(H,21,22)(H2,18,23,24). The Balaban J connectivity index is 2.07. The number of carboxylic acids is 1. The van der Waals surface area contributed by atoms with E-state index in [0.29, 0.717) is 22.5 Å². The number of benzene rings is 2. The zero-order chi connectivity index (χ0) is 18.2. The molecule has 0 aliphatic heterocycles. The van der Waals surface area contributed by atoms with Gasteiger partial charge in [0.1, 0.15) is 0 Å². The summed E-state index contributed by atoms with van der Waals surface area (Å²) in [6.07, 6.45) is 0. The summed E-state index contributed by atoms with van der Waals surface area (Å²) in [5.41, 5.74) is 2.32. The van der Waals surface area contributed by atoms with Crippen LogP contribution in [-0.2, 0) is 10.0 Å². The number of hydrogen-bond donors (Lipinski definition) is 2. The number of aromatic nitrogens is 2. The number of hydrogen-bond acceptors (Lipinski definition) is 4. The highest BCUT2D eigenvalue weighted by Gasteiger charge is 2.16. The van der Waals surface area contributed by atoms with E-state index in [-0.39, 0.29) is 10.6 Å². The third-order valence-corrected chi connectivity index (χ3v) is 4.64. The lowest BCUT2D eigenvalue weighted by atomic mass is 10.1. The smallest absolute Gasteiger partial charge is 0.354 e. The number of rotatable bonds is 4. The second kappa shape index (κ2) is 6.15. The molecule has 3 rings (SSSR count). The molecule has 1 aromatic heterocycles. The minimum atomic E-state index is -3.85. The van der Waals surface area contributed by atoms with Gasteiger partial charge in [0.2, 0.25) is 10.0 Å². The van der Waals surface area contributed by atoms with Crippen molar-refractivity contribution in [2.24, 2.45) is 5.14 Å². The van der Waals surface area contributed by atoms with Crippen LogP contribution >= 0.6 is 0 Å². The molecule has 0 radical (unpaired) electrons. The molecule has 0 saturated carbocycles. The Bertz CT molecular complexity index is 1050. The van der Waals surface area contributed by atoms with Gasteiger partial charge in [0, 0.05) is 5.56 Å². The Kier molecular flexibility index (Phi) is 4.15. The summed E-state index contributed by atoms with van der Waals surface area (Å²) >= 11 is 0. The van der Waals surface area contributed by atoms with E-state index in [0.717, 1.165) is 0 Å². The van der Waals surface area contributed by atoms with E-state index in [1.807, 2.05) is 0 Å². The third kappa shape index (κ3) is 3.30. The first kappa shape index (κ1) is 16.9. The number of sulfonamides is 1. The molecule has 1 heterocycles. The summed E-state index contributed by atoms with van der Waals surface area (Å²) in [5, 5.41) is 18.7. The minimum Gasteiger partial charge on any atom is -0.477 e. The van der Waals surface area contributed by atoms with E-state index in [1.54, 1.807) is 49.4 Å². The van der Waals surface area contributed by atoms with Crippen LogP contribution in [0.1, 0.15) is 16.2 Å². The van der Waals surface area contributed by atoms with Crippen molar-refractivity contribution in [2.45, 2.75) is 11.8 Å². The fourth-order valence-electron chi connectivity index (χ4n) is 2.58. The molecule has 25 heavy (non-hydrogen) atoms. The van der Waals surface area contributed by atoms with Crippen molar-refractivity contribution in [3.63, 3.8) is 0 Å². The summed E-state index contributed by atoms with van der Waals surface area (Å²) in [6, 6.07) is 14.6. The number of nitrogens with zero attached hydrogens (tertiary/aromatic N) is 2. The van der Waals surface area contributed by atoms with Gasteiger partial charge >= 0.3 is 5.97 Å². The van der Waals surface area contributed by atoms with E-state index >= 15 is 0 Å². The van der Waals surface area contributed by atoms with Crippen LogP contribution in [0, 0.1) is 6.92 Å². The van der Waals surface area contributed by atoms with Gasteiger partial charge in [0.15, 0.2) is 5.69 Å². The average molecular weight is 357 g/mol. The van der Waals surface area contributed by atoms with Crippen LogP contribution in [0.3, 0.4) is 0 Å². The molecule has 0 unspecified atom stereocenters. The van der Waals surface area contributed by atoms with E-state index < -0.39 is 16.0 Å². The Hall–Kier alpha value is -2.97. The number of primary sulfonamides is 1. The van der Waals surface area contributed by atoms with E-state index in [2.05, 4.69) is 5.10 Å². The summed E-state index contributed by atoms with van der Waals surface area (Å²) in [5.74, 6) is -1.08. The Morgan fingerprint density at radius 3 is 2.36 bits per heavy atom. The van der Waals surface area contributed by atoms with Crippen molar-refractivity contribution < 1.29 is 18.3 Å². The molecule has 0 spiro atoms. The first-order valence-electron chi connectivity index (χ1n) is 7.30. The first-order valence-corrected chi connectivity index (χ1v) is 8.84. The summed E-state index contributed by atoms with van der Waals surface area (Å²) < 4.78 is 24.8. The lowest BCUT2D eigenvalue weighted by molar-refractivity contribution is 0.0687. The van der Waals surface area contributed by atoms with E-state index in [4.69, 9.17) is 5.14 Å². The second-order valence-corrected chi connectivity index (χ2v) is 7.01. The minimum absolute atomic E-state index is 0.0314. The van der Waals surface area contributed by atoms with Crippen molar-refractivity contribution in [2.75, 3.05) is 0 Å². The van der Waals surface area contributed by atoms with E-state index in [9.17, 15) is 18.3 Å². The highest BCUT2D eigenvalue weighted by Crippen LogP contribution is 2.27. The summed E-state index contributed by atoms with van der Waals surface area (Å²) in [4.78, 5) is 11.3. The molecule has 0 fully saturated rings.